The fraction of sp³-hybridized carbons (Fsp3) is 0.357. The first-order valence-electron chi connectivity index (χ1n) is 6.34. The van der Waals surface area contributed by atoms with Crippen molar-refractivity contribution in [3.8, 4) is 0 Å². The highest BCUT2D eigenvalue weighted by molar-refractivity contribution is 7.12. The number of aromatic nitrogens is 1. The van der Waals surface area contributed by atoms with Crippen LogP contribution in [0.15, 0.2) is 18.3 Å². The number of rotatable bonds is 3. The van der Waals surface area contributed by atoms with E-state index in [4.69, 9.17) is 5.73 Å². The highest BCUT2D eigenvalue weighted by atomic mass is 32.1. The molecule has 0 radical (unpaired) electrons. The zero-order valence-corrected chi connectivity index (χ0v) is 12.7. The Morgan fingerprint density at radius 1 is 1.29 bits per heavy atom. The molecule has 114 valence electrons. The SMILES string of the molecule is Cc1cc(C(C)Nc2cc(C(F)(F)F)ncc2N)c(C)s1. The summed E-state index contributed by atoms with van der Waals surface area (Å²) < 4.78 is 38.1. The zero-order valence-electron chi connectivity index (χ0n) is 11.9. The molecule has 0 aliphatic heterocycles. The van der Waals surface area contributed by atoms with Crippen LogP contribution in [-0.4, -0.2) is 4.98 Å². The van der Waals surface area contributed by atoms with Crippen LogP contribution in [-0.2, 0) is 6.18 Å². The van der Waals surface area contributed by atoms with E-state index in [1.807, 2.05) is 26.8 Å². The Bertz CT molecular complexity index is 649. The minimum atomic E-state index is -4.48. The molecule has 0 aromatic carbocycles. The van der Waals surface area contributed by atoms with Gasteiger partial charge in [-0.25, -0.2) is 4.98 Å². The number of hydrogen-bond acceptors (Lipinski definition) is 4. The van der Waals surface area contributed by atoms with E-state index in [2.05, 4.69) is 10.3 Å². The van der Waals surface area contributed by atoms with Crippen molar-refractivity contribution >= 4 is 22.7 Å². The maximum atomic E-state index is 12.7. The minimum Gasteiger partial charge on any atom is -0.396 e. The summed E-state index contributed by atoms with van der Waals surface area (Å²) in [5, 5.41) is 3.03. The molecule has 2 aromatic heterocycles. The molecule has 3 N–H and O–H groups in total. The van der Waals surface area contributed by atoms with Gasteiger partial charge in [-0.1, -0.05) is 0 Å². The van der Waals surface area contributed by atoms with Crippen LogP contribution < -0.4 is 11.1 Å². The fourth-order valence-electron chi connectivity index (χ4n) is 2.14. The van der Waals surface area contributed by atoms with E-state index in [0.717, 1.165) is 27.6 Å². The normalized spacial score (nSPS) is 13.2. The molecule has 2 aromatic rings. The molecule has 7 heteroatoms. The second-order valence-electron chi connectivity index (χ2n) is 4.89. The monoisotopic (exact) mass is 315 g/mol. The van der Waals surface area contributed by atoms with E-state index >= 15 is 0 Å². The molecule has 1 unspecified atom stereocenters. The second-order valence-corrected chi connectivity index (χ2v) is 6.35. The Balaban J connectivity index is 2.28. The van der Waals surface area contributed by atoms with Gasteiger partial charge in [0.2, 0.25) is 0 Å². The summed E-state index contributed by atoms with van der Waals surface area (Å²) in [5.74, 6) is 0. The van der Waals surface area contributed by atoms with Gasteiger partial charge in [0, 0.05) is 15.8 Å². The molecule has 0 fully saturated rings. The molecule has 3 nitrogen and oxygen atoms in total. The molecular weight excluding hydrogens is 299 g/mol. The number of nitrogens with one attached hydrogen (secondary N) is 1. The van der Waals surface area contributed by atoms with Crippen molar-refractivity contribution in [3.63, 3.8) is 0 Å². The average molecular weight is 315 g/mol. The molecule has 0 saturated heterocycles. The van der Waals surface area contributed by atoms with Crippen molar-refractivity contribution in [2.45, 2.75) is 33.0 Å². The Morgan fingerprint density at radius 2 is 1.95 bits per heavy atom. The summed E-state index contributed by atoms with van der Waals surface area (Å²) >= 11 is 1.66. The van der Waals surface area contributed by atoms with E-state index in [-0.39, 0.29) is 17.4 Å². The number of halogens is 3. The summed E-state index contributed by atoms with van der Waals surface area (Å²) in [6.45, 7) is 5.88. The molecule has 0 bridgehead atoms. The number of alkyl halides is 3. The van der Waals surface area contributed by atoms with Crippen LogP contribution in [0.4, 0.5) is 24.5 Å². The first-order chi connectivity index (χ1) is 9.68. The third-order valence-electron chi connectivity index (χ3n) is 3.14. The summed E-state index contributed by atoms with van der Waals surface area (Å²) in [6.07, 6.45) is -3.45. The topological polar surface area (TPSA) is 50.9 Å². The number of aryl methyl sites for hydroxylation is 2. The van der Waals surface area contributed by atoms with Crippen molar-refractivity contribution < 1.29 is 13.2 Å². The van der Waals surface area contributed by atoms with Gasteiger partial charge < -0.3 is 11.1 Å². The molecule has 0 saturated carbocycles. The van der Waals surface area contributed by atoms with E-state index in [9.17, 15) is 13.2 Å². The number of nitrogens with two attached hydrogens (primary N) is 1. The van der Waals surface area contributed by atoms with Crippen molar-refractivity contribution in [1.82, 2.24) is 4.98 Å². The molecule has 0 aliphatic rings. The summed E-state index contributed by atoms with van der Waals surface area (Å²) in [4.78, 5) is 5.62. The molecule has 2 heterocycles. The third-order valence-corrected chi connectivity index (χ3v) is 4.12. The molecule has 0 spiro atoms. The lowest BCUT2D eigenvalue weighted by molar-refractivity contribution is -0.141. The number of pyridine rings is 1. The Morgan fingerprint density at radius 3 is 2.48 bits per heavy atom. The van der Waals surface area contributed by atoms with Crippen molar-refractivity contribution in [3.05, 3.63) is 39.3 Å². The lowest BCUT2D eigenvalue weighted by Gasteiger charge is -2.18. The van der Waals surface area contributed by atoms with Crippen LogP contribution in [0.5, 0.6) is 0 Å². The fourth-order valence-corrected chi connectivity index (χ4v) is 3.16. The van der Waals surface area contributed by atoms with Crippen LogP contribution in [0, 0.1) is 13.8 Å². The average Bonchev–Trinajstić information content (AvgIpc) is 2.70. The largest absolute Gasteiger partial charge is 0.433 e. The summed E-state index contributed by atoms with van der Waals surface area (Å²) in [6, 6.07) is 2.83. The molecule has 21 heavy (non-hydrogen) atoms. The van der Waals surface area contributed by atoms with Gasteiger partial charge >= 0.3 is 6.18 Å². The van der Waals surface area contributed by atoms with Gasteiger partial charge in [-0.2, -0.15) is 13.2 Å². The molecule has 0 amide bonds. The highest BCUT2D eigenvalue weighted by Crippen LogP contribution is 2.34. The third kappa shape index (κ3) is 3.47. The van der Waals surface area contributed by atoms with Crippen LogP contribution in [0.2, 0.25) is 0 Å². The molecular formula is C14H16F3N3S. The van der Waals surface area contributed by atoms with Crippen molar-refractivity contribution in [2.75, 3.05) is 11.1 Å². The van der Waals surface area contributed by atoms with Crippen LogP contribution in [0.1, 0.15) is 34.0 Å². The molecule has 2 rings (SSSR count). The van der Waals surface area contributed by atoms with E-state index in [1.54, 1.807) is 11.3 Å². The van der Waals surface area contributed by atoms with Crippen LogP contribution in [0.3, 0.4) is 0 Å². The van der Waals surface area contributed by atoms with Gasteiger partial charge in [-0.15, -0.1) is 11.3 Å². The number of nitrogen functional groups attached to an aromatic ring is 1. The van der Waals surface area contributed by atoms with E-state index in [0.29, 0.717) is 0 Å². The lowest BCUT2D eigenvalue weighted by atomic mass is 10.1. The predicted octanol–water partition coefficient (Wildman–Crippen LogP) is 4.53. The Hall–Kier alpha value is -1.76. The van der Waals surface area contributed by atoms with Gasteiger partial charge in [0.1, 0.15) is 5.69 Å². The molecule has 1 atom stereocenters. The van der Waals surface area contributed by atoms with Crippen molar-refractivity contribution in [1.29, 1.82) is 0 Å². The first-order valence-corrected chi connectivity index (χ1v) is 7.16. The summed E-state index contributed by atoms with van der Waals surface area (Å²) in [5.41, 5.74) is 6.25. The Kier molecular flexibility index (Phi) is 4.13. The van der Waals surface area contributed by atoms with E-state index in [1.165, 1.54) is 0 Å². The lowest BCUT2D eigenvalue weighted by Crippen LogP contribution is -2.13. The standard InChI is InChI=1S/C14H16F3N3S/c1-7-4-10(9(3)21-7)8(2)20-12-5-13(14(15,16)17)19-6-11(12)18/h4-6,8H,18H2,1-3H3,(H,19,20). The van der Waals surface area contributed by atoms with Gasteiger partial charge in [0.05, 0.1) is 17.6 Å². The smallest absolute Gasteiger partial charge is 0.396 e. The van der Waals surface area contributed by atoms with Crippen LogP contribution in [0.25, 0.3) is 0 Å². The minimum absolute atomic E-state index is 0.138. The molecule has 0 aliphatic carbocycles. The number of hydrogen-bond donors (Lipinski definition) is 2. The van der Waals surface area contributed by atoms with Crippen molar-refractivity contribution in [2.24, 2.45) is 0 Å². The van der Waals surface area contributed by atoms with Gasteiger partial charge in [0.25, 0.3) is 0 Å². The summed E-state index contributed by atoms with van der Waals surface area (Å²) in [7, 11) is 0. The Labute approximate surface area is 125 Å². The maximum Gasteiger partial charge on any atom is 0.433 e. The van der Waals surface area contributed by atoms with E-state index < -0.39 is 11.9 Å². The van der Waals surface area contributed by atoms with Crippen LogP contribution >= 0.6 is 11.3 Å². The predicted molar refractivity (Wildman–Crippen MR) is 79.5 cm³/mol. The maximum absolute atomic E-state index is 12.7. The quantitative estimate of drug-likeness (QED) is 0.874. The van der Waals surface area contributed by atoms with Gasteiger partial charge in [0.15, 0.2) is 0 Å². The first kappa shape index (κ1) is 15.6. The van der Waals surface area contributed by atoms with Gasteiger partial charge in [-0.3, -0.25) is 0 Å². The zero-order chi connectivity index (χ0) is 15.8. The highest BCUT2D eigenvalue weighted by Gasteiger charge is 2.33. The number of thiophene rings is 1. The second kappa shape index (κ2) is 5.55. The number of nitrogens with zero attached hydrogens (tertiary/aromatic N) is 1. The number of anilines is 2. The van der Waals surface area contributed by atoms with Gasteiger partial charge in [-0.05, 0) is 38.5 Å².